The lowest BCUT2D eigenvalue weighted by molar-refractivity contribution is -0.0621. The molecule has 108 valence electrons. The highest BCUT2D eigenvalue weighted by Crippen LogP contribution is 2.20. The monoisotopic (exact) mass is 268 g/mol. The Bertz CT molecular complexity index is 411. The molecule has 1 aliphatic heterocycles. The lowest BCUT2D eigenvalue weighted by Crippen LogP contribution is -2.48. The van der Waals surface area contributed by atoms with Crippen LogP contribution in [0.1, 0.15) is 26.7 Å². The summed E-state index contributed by atoms with van der Waals surface area (Å²) >= 11 is 0. The van der Waals surface area contributed by atoms with Gasteiger partial charge < -0.3 is 25.5 Å². The molecule has 0 saturated carbocycles. The van der Waals surface area contributed by atoms with Gasteiger partial charge in [-0.2, -0.15) is 0 Å². The largest absolute Gasteiger partial charge is 0.388 e. The first-order chi connectivity index (χ1) is 8.91. The number of nitrogens with two attached hydrogens (primary N) is 1. The Morgan fingerprint density at radius 3 is 2.79 bits per heavy atom. The number of aliphatic hydroxyl groups is 1. The molecule has 6 nitrogen and oxygen atoms in total. The first-order valence-corrected chi connectivity index (χ1v) is 6.72. The Balaban J connectivity index is 1.84. The molecule has 0 aromatic carbocycles. The number of nitrogens with zero attached hydrogens (tertiary/aromatic N) is 2. The second kappa shape index (κ2) is 5.48. The summed E-state index contributed by atoms with van der Waals surface area (Å²) in [7, 11) is 0. The Labute approximate surface area is 114 Å². The molecule has 0 bridgehead atoms. The van der Waals surface area contributed by atoms with Crippen LogP contribution in [0.15, 0.2) is 12.5 Å². The second-order valence-corrected chi connectivity index (χ2v) is 5.96. The zero-order chi connectivity index (χ0) is 13.9. The fraction of sp³-hybridized carbons (Fsp3) is 0.769. The number of nitrogen functional groups attached to an aromatic ring is 1. The smallest absolute Gasteiger partial charge is 0.141 e. The van der Waals surface area contributed by atoms with Crippen molar-refractivity contribution in [1.29, 1.82) is 0 Å². The van der Waals surface area contributed by atoms with Gasteiger partial charge in [0.2, 0.25) is 0 Å². The molecular formula is C13H24N4O2. The van der Waals surface area contributed by atoms with Gasteiger partial charge in [-0.05, 0) is 13.8 Å². The van der Waals surface area contributed by atoms with Crippen molar-refractivity contribution in [2.45, 2.75) is 37.8 Å². The molecule has 2 heterocycles. The van der Waals surface area contributed by atoms with Crippen molar-refractivity contribution >= 4 is 5.82 Å². The number of anilines is 1. The summed E-state index contributed by atoms with van der Waals surface area (Å²) in [5.41, 5.74) is 4.87. The van der Waals surface area contributed by atoms with Crippen LogP contribution in [0.25, 0.3) is 0 Å². The molecule has 1 aliphatic rings. The molecule has 0 atom stereocenters. The van der Waals surface area contributed by atoms with Gasteiger partial charge >= 0.3 is 0 Å². The molecule has 0 unspecified atom stereocenters. The van der Waals surface area contributed by atoms with Crippen molar-refractivity contribution in [1.82, 2.24) is 14.9 Å². The number of ether oxygens (including phenoxy) is 1. The average molecular weight is 268 g/mol. The van der Waals surface area contributed by atoms with Crippen LogP contribution in [-0.4, -0.2) is 46.6 Å². The van der Waals surface area contributed by atoms with Crippen LogP contribution < -0.4 is 11.1 Å². The Morgan fingerprint density at radius 2 is 2.21 bits per heavy atom. The number of nitrogens with one attached hydrogen (secondary N) is 1. The van der Waals surface area contributed by atoms with Gasteiger partial charge in [-0.25, -0.2) is 4.98 Å². The van der Waals surface area contributed by atoms with E-state index in [2.05, 4.69) is 24.1 Å². The van der Waals surface area contributed by atoms with Crippen LogP contribution in [0.4, 0.5) is 5.82 Å². The topological polar surface area (TPSA) is 85.3 Å². The minimum absolute atomic E-state index is 0.133. The van der Waals surface area contributed by atoms with Crippen molar-refractivity contribution in [3.63, 3.8) is 0 Å². The van der Waals surface area contributed by atoms with E-state index in [0.717, 1.165) is 6.54 Å². The number of aromatic nitrogens is 2. The zero-order valence-electron chi connectivity index (χ0n) is 11.7. The Morgan fingerprint density at radius 1 is 1.53 bits per heavy atom. The zero-order valence-corrected chi connectivity index (χ0v) is 11.7. The maximum absolute atomic E-state index is 10.4. The molecule has 1 aromatic rings. The molecule has 6 heteroatoms. The molecule has 1 saturated heterocycles. The third-order valence-corrected chi connectivity index (χ3v) is 3.74. The standard InChI is InChI=1S/C13H24N4O2/c1-12(2,17-7-11(14)16-10-17)8-15-9-13(18)3-5-19-6-4-13/h7,10,15,18H,3-6,8-9,14H2,1-2H3. The summed E-state index contributed by atoms with van der Waals surface area (Å²) in [5.74, 6) is 0.524. The van der Waals surface area contributed by atoms with Gasteiger partial charge in [0, 0.05) is 45.3 Å². The lowest BCUT2D eigenvalue weighted by Gasteiger charge is -2.34. The summed E-state index contributed by atoms with van der Waals surface area (Å²) in [6.45, 7) is 6.82. The normalized spacial score (nSPS) is 19.5. The van der Waals surface area contributed by atoms with E-state index in [1.165, 1.54) is 0 Å². The minimum atomic E-state index is -0.637. The quantitative estimate of drug-likeness (QED) is 0.716. The van der Waals surface area contributed by atoms with E-state index in [4.69, 9.17) is 10.5 Å². The molecule has 1 aromatic heterocycles. The Kier molecular flexibility index (Phi) is 4.13. The number of hydrogen-bond acceptors (Lipinski definition) is 5. The van der Waals surface area contributed by atoms with Crippen molar-refractivity contribution in [3.05, 3.63) is 12.5 Å². The van der Waals surface area contributed by atoms with E-state index in [1.54, 1.807) is 6.33 Å². The summed E-state index contributed by atoms with van der Waals surface area (Å²) in [5, 5.41) is 13.7. The summed E-state index contributed by atoms with van der Waals surface area (Å²) in [6.07, 6.45) is 4.95. The van der Waals surface area contributed by atoms with E-state index in [-0.39, 0.29) is 5.54 Å². The molecule has 4 N–H and O–H groups in total. The van der Waals surface area contributed by atoms with Crippen LogP contribution in [-0.2, 0) is 10.3 Å². The van der Waals surface area contributed by atoms with Gasteiger partial charge in [-0.3, -0.25) is 0 Å². The van der Waals surface area contributed by atoms with Gasteiger partial charge in [-0.1, -0.05) is 0 Å². The third kappa shape index (κ3) is 3.68. The minimum Gasteiger partial charge on any atom is -0.388 e. The van der Waals surface area contributed by atoms with E-state index in [1.807, 2.05) is 10.8 Å². The van der Waals surface area contributed by atoms with Crippen LogP contribution in [0.5, 0.6) is 0 Å². The van der Waals surface area contributed by atoms with E-state index in [0.29, 0.717) is 38.4 Å². The molecule has 2 rings (SSSR count). The molecule has 0 spiro atoms. The van der Waals surface area contributed by atoms with Gasteiger partial charge in [0.05, 0.1) is 17.5 Å². The molecule has 0 amide bonds. The van der Waals surface area contributed by atoms with E-state index in [9.17, 15) is 5.11 Å². The van der Waals surface area contributed by atoms with Gasteiger partial charge in [0.1, 0.15) is 5.82 Å². The highest BCUT2D eigenvalue weighted by atomic mass is 16.5. The van der Waals surface area contributed by atoms with Crippen molar-refractivity contribution in [2.75, 3.05) is 32.0 Å². The number of imidazole rings is 1. The van der Waals surface area contributed by atoms with Crippen LogP contribution in [0.2, 0.25) is 0 Å². The van der Waals surface area contributed by atoms with Gasteiger partial charge in [0.25, 0.3) is 0 Å². The molecule has 1 fully saturated rings. The van der Waals surface area contributed by atoms with Gasteiger partial charge in [0.15, 0.2) is 0 Å². The lowest BCUT2D eigenvalue weighted by atomic mass is 9.94. The predicted molar refractivity (Wildman–Crippen MR) is 73.8 cm³/mol. The van der Waals surface area contributed by atoms with E-state index < -0.39 is 5.60 Å². The first kappa shape index (κ1) is 14.3. The number of rotatable bonds is 5. The highest BCUT2D eigenvalue weighted by Gasteiger charge is 2.30. The second-order valence-electron chi connectivity index (χ2n) is 5.96. The van der Waals surface area contributed by atoms with Crippen LogP contribution in [0, 0.1) is 0 Å². The molecule has 19 heavy (non-hydrogen) atoms. The maximum atomic E-state index is 10.4. The Hall–Kier alpha value is -1.11. The van der Waals surface area contributed by atoms with Crippen LogP contribution >= 0.6 is 0 Å². The number of hydrogen-bond donors (Lipinski definition) is 3. The van der Waals surface area contributed by atoms with Crippen molar-refractivity contribution in [3.8, 4) is 0 Å². The van der Waals surface area contributed by atoms with Gasteiger partial charge in [-0.15, -0.1) is 0 Å². The summed E-state index contributed by atoms with van der Waals surface area (Å²) in [4.78, 5) is 4.04. The predicted octanol–water partition coefficient (Wildman–Crippen LogP) is 0.332. The van der Waals surface area contributed by atoms with E-state index >= 15 is 0 Å². The SMILES string of the molecule is CC(C)(CNCC1(O)CCOCC1)n1cnc(N)c1. The first-order valence-electron chi connectivity index (χ1n) is 6.72. The van der Waals surface area contributed by atoms with Crippen LogP contribution in [0.3, 0.4) is 0 Å². The average Bonchev–Trinajstić information content (AvgIpc) is 2.77. The van der Waals surface area contributed by atoms with Crippen molar-refractivity contribution in [2.24, 2.45) is 0 Å². The van der Waals surface area contributed by atoms with Crippen molar-refractivity contribution < 1.29 is 9.84 Å². The fourth-order valence-electron chi connectivity index (χ4n) is 2.29. The molecule has 0 aliphatic carbocycles. The molecule has 0 radical (unpaired) electrons. The summed E-state index contributed by atoms with van der Waals surface area (Å²) in [6, 6.07) is 0. The molecular weight excluding hydrogens is 244 g/mol. The fourth-order valence-corrected chi connectivity index (χ4v) is 2.29. The maximum Gasteiger partial charge on any atom is 0.141 e. The summed E-state index contributed by atoms with van der Waals surface area (Å²) < 4.78 is 7.26. The highest BCUT2D eigenvalue weighted by molar-refractivity contribution is 5.23. The third-order valence-electron chi connectivity index (χ3n) is 3.74.